The molecule has 0 saturated heterocycles. The Labute approximate surface area is 152 Å². The van der Waals surface area contributed by atoms with E-state index in [2.05, 4.69) is 6.58 Å². The lowest BCUT2D eigenvalue weighted by Crippen LogP contribution is -2.24. The molecule has 6 nitrogen and oxygen atoms in total. The maximum Gasteiger partial charge on any atom is 0.310 e. The third-order valence-electron chi connectivity index (χ3n) is 4.71. The minimum atomic E-state index is -0.880. The summed E-state index contributed by atoms with van der Waals surface area (Å²) in [6.07, 6.45) is -0.880. The molecule has 1 aliphatic carbocycles. The van der Waals surface area contributed by atoms with Crippen LogP contribution in [0, 0.1) is 28.6 Å². The SMILES string of the molecule is C=C(C#N)C(OC(C)=O)C1C(C(=O)OCC(=O)c2ccccc2)C1(C)C. The number of benzene rings is 1. The van der Waals surface area contributed by atoms with Crippen LogP contribution in [0.3, 0.4) is 0 Å². The zero-order chi connectivity index (χ0) is 19.5. The highest BCUT2D eigenvalue weighted by Crippen LogP contribution is 2.61. The molecule has 0 N–H and O–H groups in total. The number of nitriles is 1. The second-order valence-corrected chi connectivity index (χ2v) is 6.89. The largest absolute Gasteiger partial charge is 0.457 e. The second kappa shape index (κ2) is 7.52. The molecule has 1 aromatic rings. The Hall–Kier alpha value is -2.94. The van der Waals surface area contributed by atoms with Crippen molar-refractivity contribution in [2.75, 3.05) is 6.61 Å². The van der Waals surface area contributed by atoms with Crippen molar-refractivity contribution in [2.24, 2.45) is 17.3 Å². The summed E-state index contributed by atoms with van der Waals surface area (Å²) in [5.41, 5.74) is 0.00348. The number of hydrogen-bond donors (Lipinski definition) is 0. The molecule has 0 radical (unpaired) electrons. The van der Waals surface area contributed by atoms with Crippen LogP contribution in [0.4, 0.5) is 0 Å². The van der Waals surface area contributed by atoms with Gasteiger partial charge in [0.2, 0.25) is 0 Å². The van der Waals surface area contributed by atoms with Gasteiger partial charge in [0.05, 0.1) is 17.6 Å². The predicted molar refractivity (Wildman–Crippen MR) is 92.8 cm³/mol. The van der Waals surface area contributed by atoms with Crippen LogP contribution in [-0.2, 0) is 19.1 Å². The molecule has 6 heteroatoms. The molecule has 3 unspecified atom stereocenters. The number of ether oxygens (including phenoxy) is 2. The molecule has 0 aromatic heterocycles. The molecule has 1 aromatic carbocycles. The zero-order valence-electron chi connectivity index (χ0n) is 15.0. The Morgan fingerprint density at radius 1 is 1.27 bits per heavy atom. The van der Waals surface area contributed by atoms with Gasteiger partial charge < -0.3 is 9.47 Å². The van der Waals surface area contributed by atoms with Crippen molar-refractivity contribution in [1.29, 1.82) is 5.26 Å². The summed E-state index contributed by atoms with van der Waals surface area (Å²) >= 11 is 0. The van der Waals surface area contributed by atoms with Gasteiger partial charge in [-0.05, 0) is 5.41 Å². The predicted octanol–water partition coefficient (Wildman–Crippen LogP) is 2.70. The molecule has 1 aliphatic rings. The van der Waals surface area contributed by atoms with Crippen LogP contribution in [0.5, 0.6) is 0 Å². The Morgan fingerprint density at radius 3 is 2.42 bits per heavy atom. The third kappa shape index (κ3) is 3.99. The van der Waals surface area contributed by atoms with E-state index in [1.807, 2.05) is 19.9 Å². The fourth-order valence-electron chi connectivity index (χ4n) is 3.23. The third-order valence-corrected chi connectivity index (χ3v) is 4.71. The van der Waals surface area contributed by atoms with Crippen molar-refractivity contribution < 1.29 is 23.9 Å². The summed E-state index contributed by atoms with van der Waals surface area (Å²) in [5.74, 6) is -2.40. The molecule has 0 spiro atoms. The van der Waals surface area contributed by atoms with E-state index >= 15 is 0 Å². The lowest BCUT2D eigenvalue weighted by atomic mass is 10.0. The maximum absolute atomic E-state index is 12.4. The number of carbonyl (C=O) groups excluding carboxylic acids is 3. The van der Waals surface area contributed by atoms with Gasteiger partial charge in [0.15, 0.2) is 12.4 Å². The Morgan fingerprint density at radius 2 is 1.88 bits per heavy atom. The standard InChI is InChI=1S/C20H21NO5/c1-12(10-21)18(26-13(2)22)16-17(20(16,3)4)19(24)25-11-15(23)14-8-6-5-7-9-14/h5-9,16-18H,1,11H2,2-4H3. The molecule has 0 bridgehead atoms. The van der Waals surface area contributed by atoms with E-state index in [9.17, 15) is 14.4 Å². The molecule has 2 rings (SSSR count). The molecule has 0 aliphatic heterocycles. The number of carbonyl (C=O) groups is 3. The fraction of sp³-hybridized carbons (Fsp3) is 0.400. The summed E-state index contributed by atoms with van der Waals surface area (Å²) in [6.45, 7) is 8.14. The average Bonchev–Trinajstić information content (AvgIpc) is 3.19. The van der Waals surface area contributed by atoms with Crippen molar-refractivity contribution in [3.63, 3.8) is 0 Å². The van der Waals surface area contributed by atoms with Gasteiger partial charge in [0.25, 0.3) is 0 Å². The number of Topliss-reactive ketones (excluding diaryl/α,β-unsaturated/α-hetero) is 1. The van der Waals surface area contributed by atoms with E-state index in [0.717, 1.165) is 0 Å². The van der Waals surface area contributed by atoms with Crippen molar-refractivity contribution >= 4 is 17.7 Å². The van der Waals surface area contributed by atoms with Crippen LogP contribution in [0.2, 0.25) is 0 Å². The summed E-state index contributed by atoms with van der Waals surface area (Å²) in [6, 6.07) is 10.4. The summed E-state index contributed by atoms with van der Waals surface area (Å²) in [7, 11) is 0. The first-order valence-corrected chi connectivity index (χ1v) is 8.21. The first-order chi connectivity index (χ1) is 12.2. The molecule has 136 valence electrons. The summed E-state index contributed by atoms with van der Waals surface area (Å²) in [4.78, 5) is 35.8. The van der Waals surface area contributed by atoms with Gasteiger partial charge in [-0.25, -0.2) is 0 Å². The quantitative estimate of drug-likeness (QED) is 0.424. The first kappa shape index (κ1) is 19.4. The normalized spacial score (nSPS) is 21.0. The Balaban J connectivity index is 2.04. The minimum Gasteiger partial charge on any atom is -0.457 e. The number of nitrogens with zero attached hydrogens (tertiary/aromatic N) is 1. The summed E-state index contributed by atoms with van der Waals surface area (Å²) < 4.78 is 10.4. The minimum absolute atomic E-state index is 0.0777. The van der Waals surface area contributed by atoms with Gasteiger partial charge in [-0.1, -0.05) is 50.8 Å². The van der Waals surface area contributed by atoms with Crippen LogP contribution < -0.4 is 0 Å². The van der Waals surface area contributed by atoms with Gasteiger partial charge in [0, 0.05) is 18.4 Å². The number of ketones is 1. The summed E-state index contributed by atoms with van der Waals surface area (Å²) in [5, 5.41) is 9.09. The highest BCUT2D eigenvalue weighted by Gasteiger charge is 2.67. The molecular weight excluding hydrogens is 334 g/mol. The van der Waals surface area contributed by atoms with Crippen molar-refractivity contribution in [3.8, 4) is 6.07 Å². The second-order valence-electron chi connectivity index (χ2n) is 6.89. The van der Waals surface area contributed by atoms with Gasteiger partial charge >= 0.3 is 11.9 Å². The van der Waals surface area contributed by atoms with Gasteiger partial charge in [-0.15, -0.1) is 0 Å². The zero-order valence-corrected chi connectivity index (χ0v) is 15.0. The lowest BCUT2D eigenvalue weighted by molar-refractivity contribution is -0.149. The monoisotopic (exact) mass is 355 g/mol. The van der Waals surface area contributed by atoms with Crippen molar-refractivity contribution in [1.82, 2.24) is 0 Å². The van der Waals surface area contributed by atoms with Crippen molar-refractivity contribution in [3.05, 3.63) is 48.0 Å². The van der Waals surface area contributed by atoms with E-state index in [-0.39, 0.29) is 18.0 Å². The van der Waals surface area contributed by atoms with Crippen molar-refractivity contribution in [2.45, 2.75) is 26.9 Å². The first-order valence-electron chi connectivity index (χ1n) is 8.21. The van der Waals surface area contributed by atoms with Crippen LogP contribution in [0.1, 0.15) is 31.1 Å². The van der Waals surface area contributed by atoms with E-state index < -0.39 is 35.3 Å². The van der Waals surface area contributed by atoms with Gasteiger partial charge in [0.1, 0.15) is 6.10 Å². The lowest BCUT2D eigenvalue weighted by Gasteiger charge is -2.16. The molecule has 3 atom stereocenters. The maximum atomic E-state index is 12.4. The molecule has 1 fully saturated rings. The fourth-order valence-corrected chi connectivity index (χ4v) is 3.23. The molecular formula is C20H21NO5. The smallest absolute Gasteiger partial charge is 0.310 e. The van der Waals surface area contributed by atoms with Crippen LogP contribution in [0.15, 0.2) is 42.5 Å². The van der Waals surface area contributed by atoms with E-state index in [1.54, 1.807) is 30.3 Å². The van der Waals surface area contributed by atoms with Crippen LogP contribution >= 0.6 is 0 Å². The highest BCUT2D eigenvalue weighted by atomic mass is 16.5. The van der Waals surface area contributed by atoms with Crippen LogP contribution in [0.25, 0.3) is 0 Å². The molecule has 0 amide bonds. The highest BCUT2D eigenvalue weighted by molar-refractivity contribution is 5.98. The topological polar surface area (TPSA) is 93.5 Å². The number of esters is 2. The molecule has 0 heterocycles. The van der Waals surface area contributed by atoms with Gasteiger partial charge in [-0.3, -0.25) is 14.4 Å². The van der Waals surface area contributed by atoms with E-state index in [0.29, 0.717) is 5.56 Å². The van der Waals surface area contributed by atoms with E-state index in [1.165, 1.54) is 6.92 Å². The average molecular weight is 355 g/mol. The Kier molecular flexibility index (Phi) is 5.61. The molecule has 26 heavy (non-hydrogen) atoms. The Bertz CT molecular complexity index is 775. The molecule has 1 saturated carbocycles. The van der Waals surface area contributed by atoms with Gasteiger partial charge in [-0.2, -0.15) is 5.26 Å². The number of hydrogen-bond acceptors (Lipinski definition) is 6. The van der Waals surface area contributed by atoms with Crippen LogP contribution in [-0.4, -0.2) is 30.4 Å². The number of rotatable bonds is 7. The van der Waals surface area contributed by atoms with E-state index in [4.69, 9.17) is 14.7 Å².